The molecule has 0 fully saturated rings. The molecule has 146 valence electrons. The Morgan fingerprint density at radius 1 is 1.22 bits per heavy atom. The number of nitrogens with zero attached hydrogens (tertiary/aromatic N) is 1. The van der Waals surface area contributed by atoms with E-state index in [1.165, 1.54) is 19.2 Å². The number of aryl methyl sites for hydroxylation is 1. The van der Waals surface area contributed by atoms with Crippen molar-refractivity contribution in [3.8, 4) is 5.75 Å². The highest BCUT2D eigenvalue weighted by Gasteiger charge is 2.32. The minimum atomic E-state index is -3.78. The number of nitrogens with one attached hydrogen (secondary N) is 1. The number of anilines is 2. The van der Waals surface area contributed by atoms with Crippen LogP contribution in [0.2, 0.25) is 0 Å². The van der Waals surface area contributed by atoms with Crippen LogP contribution in [-0.4, -0.2) is 33.7 Å². The van der Waals surface area contributed by atoms with Crippen LogP contribution in [0.25, 0.3) is 0 Å². The molecule has 6 nitrogen and oxygen atoms in total. The molecule has 0 aliphatic carbocycles. The summed E-state index contributed by atoms with van der Waals surface area (Å²) in [6, 6.07) is 9.28. The highest BCUT2D eigenvalue weighted by atomic mass is 32.2. The zero-order chi connectivity index (χ0) is 20.2. The van der Waals surface area contributed by atoms with Crippen LogP contribution in [0.4, 0.5) is 15.8 Å². The van der Waals surface area contributed by atoms with Crippen molar-refractivity contribution in [2.75, 3.05) is 23.0 Å². The molecule has 0 saturated carbocycles. The van der Waals surface area contributed by atoms with Crippen molar-refractivity contribution in [1.29, 1.82) is 0 Å². The Morgan fingerprint density at radius 3 is 2.37 bits per heavy atom. The average molecular weight is 394 g/mol. The van der Waals surface area contributed by atoms with Crippen LogP contribution in [0.15, 0.2) is 42.5 Å². The van der Waals surface area contributed by atoms with Gasteiger partial charge >= 0.3 is 0 Å². The third-order valence-electron chi connectivity index (χ3n) is 4.02. The number of hydrogen-bond donors (Lipinski definition) is 1. The number of carbonyl (C=O) groups excluding carboxylic acids is 1. The van der Waals surface area contributed by atoms with Gasteiger partial charge in [0, 0.05) is 0 Å². The number of carbonyl (C=O) groups is 1. The number of rotatable bonds is 7. The Kier molecular flexibility index (Phi) is 6.43. The van der Waals surface area contributed by atoms with Gasteiger partial charge in [-0.25, -0.2) is 12.8 Å². The van der Waals surface area contributed by atoms with Crippen LogP contribution in [0.1, 0.15) is 18.9 Å². The Hall–Kier alpha value is -2.61. The molecule has 2 aromatic carbocycles. The summed E-state index contributed by atoms with van der Waals surface area (Å²) in [5.74, 6) is -0.526. The summed E-state index contributed by atoms with van der Waals surface area (Å²) in [7, 11) is -2.30. The number of amides is 1. The highest BCUT2D eigenvalue weighted by Crippen LogP contribution is 2.27. The summed E-state index contributed by atoms with van der Waals surface area (Å²) < 4.78 is 44.2. The van der Waals surface area contributed by atoms with E-state index in [4.69, 9.17) is 4.74 Å². The average Bonchev–Trinajstić information content (AvgIpc) is 2.59. The standard InChI is InChI=1S/C19H23FN2O4S/c1-5-17(19(23)21-16-12-13(2)6-11-18(16)26-3)22(27(4,24)25)15-9-7-14(20)8-10-15/h6-12,17H,5H2,1-4H3,(H,21,23)/t17-/m0/s1. The normalized spacial score (nSPS) is 12.3. The molecule has 0 heterocycles. The summed E-state index contributed by atoms with van der Waals surface area (Å²) >= 11 is 0. The molecule has 0 aromatic heterocycles. The first-order valence-electron chi connectivity index (χ1n) is 8.37. The fourth-order valence-corrected chi connectivity index (χ4v) is 4.00. The number of hydrogen-bond acceptors (Lipinski definition) is 4. The van der Waals surface area contributed by atoms with E-state index in [-0.39, 0.29) is 12.1 Å². The fraction of sp³-hybridized carbons (Fsp3) is 0.316. The van der Waals surface area contributed by atoms with Crippen LogP contribution in [0.5, 0.6) is 5.75 Å². The van der Waals surface area contributed by atoms with Gasteiger partial charge in [-0.3, -0.25) is 9.10 Å². The second-order valence-electron chi connectivity index (χ2n) is 6.15. The molecule has 0 aliphatic rings. The molecule has 0 aliphatic heterocycles. The molecule has 2 aromatic rings. The molecule has 1 N–H and O–H groups in total. The third-order valence-corrected chi connectivity index (χ3v) is 5.20. The van der Waals surface area contributed by atoms with Crippen molar-refractivity contribution >= 4 is 27.3 Å². The van der Waals surface area contributed by atoms with Gasteiger partial charge in [-0.15, -0.1) is 0 Å². The summed E-state index contributed by atoms with van der Waals surface area (Å²) in [6.45, 7) is 3.58. The van der Waals surface area contributed by atoms with Crippen LogP contribution in [-0.2, 0) is 14.8 Å². The topological polar surface area (TPSA) is 75.7 Å². The van der Waals surface area contributed by atoms with Gasteiger partial charge in [-0.05, 0) is 55.3 Å². The van der Waals surface area contributed by atoms with Crippen molar-refractivity contribution in [2.45, 2.75) is 26.3 Å². The van der Waals surface area contributed by atoms with Gasteiger partial charge in [-0.1, -0.05) is 13.0 Å². The highest BCUT2D eigenvalue weighted by molar-refractivity contribution is 7.92. The van der Waals surface area contributed by atoms with Crippen molar-refractivity contribution in [3.63, 3.8) is 0 Å². The first-order valence-corrected chi connectivity index (χ1v) is 10.2. The number of sulfonamides is 1. The van der Waals surface area contributed by atoms with Crippen molar-refractivity contribution in [2.24, 2.45) is 0 Å². The minimum absolute atomic E-state index is 0.220. The second-order valence-corrected chi connectivity index (χ2v) is 8.01. The maximum absolute atomic E-state index is 13.2. The lowest BCUT2D eigenvalue weighted by Gasteiger charge is -2.30. The number of ether oxygens (including phenoxy) is 1. The number of methoxy groups -OCH3 is 1. The third kappa shape index (κ3) is 4.97. The first-order chi connectivity index (χ1) is 12.7. The maximum Gasteiger partial charge on any atom is 0.248 e. The van der Waals surface area contributed by atoms with E-state index in [0.717, 1.165) is 28.3 Å². The molecule has 1 atom stereocenters. The maximum atomic E-state index is 13.2. The smallest absolute Gasteiger partial charge is 0.248 e. The van der Waals surface area contributed by atoms with Gasteiger partial charge in [0.2, 0.25) is 15.9 Å². The molecule has 2 rings (SSSR count). The van der Waals surface area contributed by atoms with Gasteiger partial charge < -0.3 is 10.1 Å². The summed E-state index contributed by atoms with van der Waals surface area (Å²) in [5, 5.41) is 2.74. The molecule has 0 spiro atoms. The molecule has 27 heavy (non-hydrogen) atoms. The summed E-state index contributed by atoms with van der Waals surface area (Å²) in [4.78, 5) is 12.9. The summed E-state index contributed by atoms with van der Waals surface area (Å²) in [5.41, 5.74) is 1.59. The Morgan fingerprint density at radius 2 is 1.85 bits per heavy atom. The van der Waals surface area contributed by atoms with Crippen LogP contribution >= 0.6 is 0 Å². The van der Waals surface area contributed by atoms with E-state index < -0.39 is 27.8 Å². The second kappa shape index (κ2) is 8.39. The largest absolute Gasteiger partial charge is 0.495 e. The van der Waals surface area contributed by atoms with E-state index in [0.29, 0.717) is 11.4 Å². The van der Waals surface area contributed by atoms with Crippen molar-refractivity contribution < 1.29 is 22.3 Å². The lowest BCUT2D eigenvalue weighted by molar-refractivity contribution is -0.117. The van der Waals surface area contributed by atoms with Crippen LogP contribution < -0.4 is 14.4 Å². The lowest BCUT2D eigenvalue weighted by atomic mass is 10.1. The van der Waals surface area contributed by atoms with E-state index in [9.17, 15) is 17.6 Å². The van der Waals surface area contributed by atoms with Gasteiger partial charge in [0.15, 0.2) is 0 Å². The van der Waals surface area contributed by atoms with Gasteiger partial charge in [0.1, 0.15) is 17.6 Å². The molecule has 0 radical (unpaired) electrons. The number of halogens is 1. The number of benzene rings is 2. The fourth-order valence-electron chi connectivity index (χ4n) is 2.78. The zero-order valence-electron chi connectivity index (χ0n) is 15.7. The van der Waals surface area contributed by atoms with E-state index in [1.807, 2.05) is 13.0 Å². The molecule has 1 amide bonds. The van der Waals surface area contributed by atoms with E-state index in [2.05, 4.69) is 5.32 Å². The van der Waals surface area contributed by atoms with Gasteiger partial charge in [0.05, 0.1) is 24.7 Å². The lowest BCUT2D eigenvalue weighted by Crippen LogP contribution is -2.47. The molecule has 8 heteroatoms. The molecular weight excluding hydrogens is 371 g/mol. The Bertz CT molecular complexity index is 914. The van der Waals surface area contributed by atoms with Gasteiger partial charge in [-0.2, -0.15) is 0 Å². The van der Waals surface area contributed by atoms with Crippen molar-refractivity contribution in [1.82, 2.24) is 0 Å². The SMILES string of the molecule is CC[C@@H](C(=O)Nc1cc(C)ccc1OC)N(c1ccc(F)cc1)S(C)(=O)=O. The van der Waals surface area contributed by atoms with E-state index >= 15 is 0 Å². The van der Waals surface area contributed by atoms with Crippen LogP contribution in [0, 0.1) is 12.7 Å². The van der Waals surface area contributed by atoms with Crippen molar-refractivity contribution in [3.05, 3.63) is 53.8 Å². The monoisotopic (exact) mass is 394 g/mol. The quantitative estimate of drug-likeness (QED) is 0.782. The first kappa shape index (κ1) is 20.7. The van der Waals surface area contributed by atoms with Crippen LogP contribution in [0.3, 0.4) is 0 Å². The molecule has 0 saturated heterocycles. The molecular formula is C19H23FN2O4S. The minimum Gasteiger partial charge on any atom is -0.495 e. The summed E-state index contributed by atoms with van der Waals surface area (Å²) in [6.07, 6.45) is 1.24. The van der Waals surface area contributed by atoms with E-state index in [1.54, 1.807) is 19.1 Å². The van der Waals surface area contributed by atoms with Gasteiger partial charge in [0.25, 0.3) is 0 Å². The molecule has 0 bridgehead atoms. The Balaban J connectivity index is 2.41. The molecule has 0 unspecified atom stereocenters. The predicted octanol–water partition coefficient (Wildman–Crippen LogP) is 3.33. The Labute approximate surface area is 159 Å². The predicted molar refractivity (Wildman–Crippen MR) is 104 cm³/mol. The zero-order valence-corrected chi connectivity index (χ0v) is 16.5.